The zero-order valence-electron chi connectivity index (χ0n) is 9.24. The molecule has 0 radical (unpaired) electrons. The topological polar surface area (TPSA) is 34.4 Å². The molecule has 0 aliphatic carbocycles. The molecule has 15 heavy (non-hydrogen) atoms. The molecule has 0 saturated carbocycles. The summed E-state index contributed by atoms with van der Waals surface area (Å²) in [5.74, 6) is 0.908. The van der Waals surface area contributed by atoms with Crippen molar-refractivity contribution in [3.05, 3.63) is 24.2 Å². The number of rotatable bonds is 4. The Hall–Kier alpha value is -0.800. The van der Waals surface area contributed by atoms with E-state index in [0.29, 0.717) is 6.04 Å². The highest BCUT2D eigenvalue weighted by Gasteiger charge is 2.15. The van der Waals surface area contributed by atoms with Crippen LogP contribution in [0.2, 0.25) is 0 Å². The summed E-state index contributed by atoms with van der Waals surface area (Å²) in [6.45, 7) is 3.94. The molecular formula is C12H19NO2. The van der Waals surface area contributed by atoms with Crippen molar-refractivity contribution in [3.8, 4) is 0 Å². The maximum Gasteiger partial charge on any atom is 0.132 e. The van der Waals surface area contributed by atoms with Crippen molar-refractivity contribution in [2.75, 3.05) is 13.2 Å². The number of hydrogen-bond donors (Lipinski definition) is 1. The average molecular weight is 209 g/mol. The molecule has 0 bridgehead atoms. The van der Waals surface area contributed by atoms with E-state index in [1.54, 1.807) is 6.26 Å². The van der Waals surface area contributed by atoms with E-state index in [4.69, 9.17) is 9.15 Å². The van der Waals surface area contributed by atoms with E-state index in [1.807, 2.05) is 19.1 Å². The Morgan fingerprint density at radius 2 is 2.53 bits per heavy atom. The first-order valence-electron chi connectivity index (χ1n) is 5.74. The number of nitrogens with one attached hydrogen (secondary N) is 1. The fraction of sp³-hybridized carbons (Fsp3) is 0.667. The molecule has 0 unspecified atom stereocenters. The Kier molecular flexibility index (Phi) is 3.80. The third-order valence-electron chi connectivity index (χ3n) is 2.90. The monoisotopic (exact) mass is 209 g/mol. The second-order valence-corrected chi connectivity index (χ2v) is 4.14. The van der Waals surface area contributed by atoms with Crippen molar-refractivity contribution in [2.24, 2.45) is 0 Å². The molecule has 0 aromatic carbocycles. The number of ether oxygens (including phenoxy) is 1. The van der Waals surface area contributed by atoms with Crippen LogP contribution in [-0.4, -0.2) is 19.2 Å². The highest BCUT2D eigenvalue weighted by atomic mass is 16.5. The molecule has 1 aliphatic heterocycles. The lowest BCUT2D eigenvalue weighted by molar-refractivity contribution is 0.0314. The number of hydrogen-bond acceptors (Lipinski definition) is 3. The molecule has 1 saturated heterocycles. The number of piperidine rings is 1. The fourth-order valence-corrected chi connectivity index (χ4v) is 1.93. The van der Waals surface area contributed by atoms with Crippen LogP contribution in [0.5, 0.6) is 0 Å². The van der Waals surface area contributed by atoms with E-state index in [2.05, 4.69) is 5.32 Å². The van der Waals surface area contributed by atoms with Crippen molar-refractivity contribution in [1.82, 2.24) is 5.32 Å². The minimum atomic E-state index is 0.0590. The van der Waals surface area contributed by atoms with Gasteiger partial charge in [-0.3, -0.25) is 0 Å². The SMILES string of the molecule is C[C@H](OC[C@@H]1CCCCN1)c1ccco1. The van der Waals surface area contributed by atoms with Crippen LogP contribution >= 0.6 is 0 Å². The van der Waals surface area contributed by atoms with Crippen LogP contribution in [0.25, 0.3) is 0 Å². The van der Waals surface area contributed by atoms with Crippen molar-refractivity contribution < 1.29 is 9.15 Å². The number of furan rings is 1. The van der Waals surface area contributed by atoms with Crippen LogP contribution in [0.4, 0.5) is 0 Å². The highest BCUT2D eigenvalue weighted by Crippen LogP contribution is 2.18. The molecule has 1 N–H and O–H groups in total. The lowest BCUT2D eigenvalue weighted by Crippen LogP contribution is -2.37. The summed E-state index contributed by atoms with van der Waals surface area (Å²) in [4.78, 5) is 0. The van der Waals surface area contributed by atoms with E-state index in [9.17, 15) is 0 Å². The molecule has 84 valence electrons. The van der Waals surface area contributed by atoms with Gasteiger partial charge in [0, 0.05) is 6.04 Å². The predicted molar refractivity (Wildman–Crippen MR) is 58.7 cm³/mol. The largest absolute Gasteiger partial charge is 0.467 e. The van der Waals surface area contributed by atoms with Crippen LogP contribution in [0, 0.1) is 0 Å². The molecule has 3 nitrogen and oxygen atoms in total. The Bertz CT molecular complexity index is 265. The van der Waals surface area contributed by atoms with Crippen molar-refractivity contribution in [3.63, 3.8) is 0 Å². The Morgan fingerprint density at radius 3 is 3.20 bits per heavy atom. The zero-order chi connectivity index (χ0) is 10.5. The summed E-state index contributed by atoms with van der Waals surface area (Å²) in [6, 6.07) is 4.38. The molecule has 1 aromatic heterocycles. The van der Waals surface area contributed by atoms with E-state index in [1.165, 1.54) is 19.3 Å². The lowest BCUT2D eigenvalue weighted by Gasteiger charge is -2.24. The first-order valence-corrected chi connectivity index (χ1v) is 5.74. The van der Waals surface area contributed by atoms with E-state index in [-0.39, 0.29) is 6.10 Å². The van der Waals surface area contributed by atoms with Crippen LogP contribution in [0.3, 0.4) is 0 Å². The van der Waals surface area contributed by atoms with Crippen molar-refractivity contribution in [1.29, 1.82) is 0 Å². The molecule has 1 aromatic rings. The van der Waals surface area contributed by atoms with Crippen LogP contribution in [0.1, 0.15) is 38.1 Å². The maximum atomic E-state index is 5.77. The second-order valence-electron chi connectivity index (χ2n) is 4.14. The van der Waals surface area contributed by atoms with E-state index >= 15 is 0 Å². The van der Waals surface area contributed by atoms with Gasteiger partial charge in [0.1, 0.15) is 11.9 Å². The predicted octanol–water partition coefficient (Wildman–Crippen LogP) is 2.50. The minimum Gasteiger partial charge on any atom is -0.467 e. The van der Waals surface area contributed by atoms with Gasteiger partial charge in [0.2, 0.25) is 0 Å². The summed E-state index contributed by atoms with van der Waals surface area (Å²) in [5.41, 5.74) is 0. The summed E-state index contributed by atoms with van der Waals surface area (Å²) in [7, 11) is 0. The van der Waals surface area contributed by atoms with Gasteiger partial charge < -0.3 is 14.5 Å². The molecule has 3 heteroatoms. The molecule has 0 amide bonds. The van der Waals surface area contributed by atoms with Gasteiger partial charge >= 0.3 is 0 Å². The average Bonchev–Trinajstić information content (AvgIpc) is 2.81. The second kappa shape index (κ2) is 5.33. The molecule has 1 aliphatic rings. The first-order chi connectivity index (χ1) is 7.36. The zero-order valence-corrected chi connectivity index (χ0v) is 9.24. The fourth-order valence-electron chi connectivity index (χ4n) is 1.93. The van der Waals surface area contributed by atoms with Gasteiger partial charge in [0.15, 0.2) is 0 Å². The minimum absolute atomic E-state index is 0.0590. The third-order valence-corrected chi connectivity index (χ3v) is 2.90. The van der Waals surface area contributed by atoms with Gasteiger partial charge in [0.25, 0.3) is 0 Å². The summed E-state index contributed by atoms with van der Waals surface area (Å²) in [5, 5.41) is 3.46. The normalized spacial score (nSPS) is 23.9. The Labute approximate surface area is 90.8 Å². The van der Waals surface area contributed by atoms with Gasteiger partial charge in [-0.25, -0.2) is 0 Å². The van der Waals surface area contributed by atoms with Gasteiger partial charge in [-0.1, -0.05) is 6.42 Å². The van der Waals surface area contributed by atoms with Crippen molar-refractivity contribution >= 4 is 0 Å². The Balaban J connectivity index is 1.73. The standard InChI is InChI=1S/C12H19NO2/c1-10(12-6-4-8-14-12)15-9-11-5-2-3-7-13-11/h4,6,8,10-11,13H,2-3,5,7,9H2,1H3/t10-,11-/m0/s1. The molecule has 2 atom stereocenters. The van der Waals surface area contributed by atoms with Gasteiger partial charge in [-0.15, -0.1) is 0 Å². The summed E-state index contributed by atoms with van der Waals surface area (Å²) in [6.07, 6.45) is 5.59. The van der Waals surface area contributed by atoms with Crippen LogP contribution < -0.4 is 5.32 Å². The van der Waals surface area contributed by atoms with Crippen molar-refractivity contribution in [2.45, 2.75) is 38.3 Å². The molecule has 1 fully saturated rings. The molecular weight excluding hydrogens is 190 g/mol. The molecule has 0 spiro atoms. The molecule has 2 rings (SSSR count). The quantitative estimate of drug-likeness (QED) is 0.827. The third kappa shape index (κ3) is 3.08. The van der Waals surface area contributed by atoms with Gasteiger partial charge in [0.05, 0.1) is 12.9 Å². The Morgan fingerprint density at radius 1 is 1.60 bits per heavy atom. The first kappa shape index (κ1) is 10.7. The van der Waals surface area contributed by atoms with Crippen LogP contribution in [0.15, 0.2) is 22.8 Å². The van der Waals surface area contributed by atoms with Gasteiger partial charge in [-0.05, 0) is 38.4 Å². The summed E-state index contributed by atoms with van der Waals surface area (Å²) < 4.78 is 11.1. The summed E-state index contributed by atoms with van der Waals surface area (Å²) >= 11 is 0. The maximum absolute atomic E-state index is 5.77. The van der Waals surface area contributed by atoms with E-state index in [0.717, 1.165) is 18.9 Å². The highest BCUT2D eigenvalue weighted by molar-refractivity contribution is 5.00. The van der Waals surface area contributed by atoms with Gasteiger partial charge in [-0.2, -0.15) is 0 Å². The van der Waals surface area contributed by atoms with E-state index < -0.39 is 0 Å². The van der Waals surface area contributed by atoms with Crippen LogP contribution in [-0.2, 0) is 4.74 Å². The molecule has 2 heterocycles. The smallest absolute Gasteiger partial charge is 0.132 e. The lowest BCUT2D eigenvalue weighted by atomic mass is 10.1.